The van der Waals surface area contributed by atoms with E-state index in [0.29, 0.717) is 18.5 Å². The van der Waals surface area contributed by atoms with E-state index < -0.39 is 0 Å². The van der Waals surface area contributed by atoms with Gasteiger partial charge < -0.3 is 15.2 Å². The minimum Gasteiger partial charge on any atom is -0.361 e. The molecule has 1 heterocycles. The lowest BCUT2D eigenvalue weighted by Crippen LogP contribution is -2.49. The minimum absolute atomic E-state index is 0. The molecule has 7 heteroatoms. The van der Waals surface area contributed by atoms with Crippen molar-refractivity contribution in [3.63, 3.8) is 0 Å². The Balaban J connectivity index is 0.00000729. The van der Waals surface area contributed by atoms with E-state index in [9.17, 15) is 0 Å². The molecule has 1 atom stereocenters. The second-order valence-electron chi connectivity index (χ2n) is 6.89. The fraction of sp³-hybridized carbons (Fsp3) is 0.619. The first kappa shape index (κ1) is 26.6. The van der Waals surface area contributed by atoms with Crippen LogP contribution in [0.3, 0.4) is 0 Å². The fourth-order valence-corrected chi connectivity index (χ4v) is 3.20. The molecular weight excluding hydrogens is 465 g/mol. The van der Waals surface area contributed by atoms with Gasteiger partial charge in [-0.1, -0.05) is 45.0 Å². The number of aliphatic imine (C=N–C) groups is 1. The molecule has 0 saturated carbocycles. The number of hydrogen-bond donors (Lipinski definition) is 2. The number of nitrogens with one attached hydrogen (secondary N) is 2. The molecule has 28 heavy (non-hydrogen) atoms. The summed E-state index contributed by atoms with van der Waals surface area (Å²) < 4.78 is 5.44. The van der Waals surface area contributed by atoms with E-state index in [0.717, 1.165) is 55.5 Å². The van der Waals surface area contributed by atoms with Gasteiger partial charge in [0.15, 0.2) is 5.96 Å². The summed E-state index contributed by atoms with van der Waals surface area (Å²) in [5.74, 6) is 2.22. The topological polar surface area (TPSA) is 65.7 Å². The van der Waals surface area contributed by atoms with Gasteiger partial charge in [0.2, 0.25) is 0 Å². The molecule has 0 amide bonds. The molecule has 0 aliphatic carbocycles. The van der Waals surface area contributed by atoms with E-state index in [4.69, 9.17) is 4.52 Å². The number of hydrogen-bond acceptors (Lipinski definition) is 4. The maximum atomic E-state index is 5.44. The molecule has 0 aromatic carbocycles. The third-order valence-corrected chi connectivity index (χ3v) is 4.71. The van der Waals surface area contributed by atoms with Crippen LogP contribution in [-0.2, 0) is 19.4 Å². The van der Waals surface area contributed by atoms with Crippen LogP contribution in [0.2, 0.25) is 0 Å². The van der Waals surface area contributed by atoms with Crippen molar-refractivity contribution in [2.75, 3.05) is 26.7 Å². The Hall–Kier alpha value is -1.35. The molecule has 1 unspecified atom stereocenters. The molecule has 0 spiro atoms. The molecule has 1 aromatic heterocycles. The van der Waals surface area contributed by atoms with Crippen molar-refractivity contribution in [3.8, 4) is 0 Å². The molecule has 1 rings (SSSR count). The SMILES string of the molecule is C=CCN(CC=C)C(CNC(=NC)NCc1c(CC)noc1CC)C(C)C.I. The van der Waals surface area contributed by atoms with Crippen LogP contribution in [0.5, 0.6) is 0 Å². The summed E-state index contributed by atoms with van der Waals surface area (Å²) in [6.07, 6.45) is 5.58. The van der Waals surface area contributed by atoms with Gasteiger partial charge in [0, 0.05) is 51.3 Å². The van der Waals surface area contributed by atoms with Gasteiger partial charge in [-0.25, -0.2) is 0 Å². The van der Waals surface area contributed by atoms with Gasteiger partial charge >= 0.3 is 0 Å². The predicted molar refractivity (Wildman–Crippen MR) is 129 cm³/mol. The fourth-order valence-electron chi connectivity index (χ4n) is 3.20. The standard InChI is InChI=1S/C21H37N5O.HI/c1-8-12-26(13-9-2)19(16(5)6)15-24-21(22-7)23-14-17-18(10-3)25-27-20(17)11-4;/h8-9,16,19H,1-2,10-15H2,3-7H3,(H2,22,23,24);1H. The van der Waals surface area contributed by atoms with Crippen molar-refractivity contribution in [1.29, 1.82) is 0 Å². The van der Waals surface area contributed by atoms with Crippen LogP contribution in [0.4, 0.5) is 0 Å². The quantitative estimate of drug-likeness (QED) is 0.197. The largest absolute Gasteiger partial charge is 0.361 e. The average Bonchev–Trinajstić information content (AvgIpc) is 3.06. The molecule has 6 nitrogen and oxygen atoms in total. The summed E-state index contributed by atoms with van der Waals surface area (Å²) in [6.45, 7) is 19.5. The van der Waals surface area contributed by atoms with E-state index >= 15 is 0 Å². The molecule has 0 aliphatic heterocycles. The molecule has 0 fully saturated rings. The van der Waals surface area contributed by atoms with Crippen LogP contribution in [-0.4, -0.2) is 48.7 Å². The van der Waals surface area contributed by atoms with Crippen LogP contribution >= 0.6 is 24.0 Å². The van der Waals surface area contributed by atoms with Crippen molar-refractivity contribution in [2.24, 2.45) is 10.9 Å². The average molecular weight is 503 g/mol. The summed E-state index contributed by atoms with van der Waals surface area (Å²) in [7, 11) is 1.79. The van der Waals surface area contributed by atoms with E-state index in [1.165, 1.54) is 0 Å². The highest BCUT2D eigenvalue weighted by atomic mass is 127. The number of nitrogens with zero attached hydrogens (tertiary/aromatic N) is 3. The second kappa shape index (κ2) is 14.6. The highest BCUT2D eigenvalue weighted by molar-refractivity contribution is 14.0. The summed E-state index contributed by atoms with van der Waals surface area (Å²) in [5, 5.41) is 11.0. The van der Waals surface area contributed by atoms with Crippen molar-refractivity contribution < 1.29 is 4.52 Å². The van der Waals surface area contributed by atoms with Crippen LogP contribution in [0.1, 0.15) is 44.7 Å². The lowest BCUT2D eigenvalue weighted by Gasteiger charge is -2.33. The molecule has 0 bridgehead atoms. The third-order valence-electron chi connectivity index (χ3n) is 4.71. The number of rotatable bonds is 12. The summed E-state index contributed by atoms with van der Waals surface area (Å²) in [4.78, 5) is 6.74. The first-order valence-corrected chi connectivity index (χ1v) is 9.88. The second-order valence-corrected chi connectivity index (χ2v) is 6.89. The van der Waals surface area contributed by atoms with Gasteiger partial charge in [0.25, 0.3) is 0 Å². The zero-order chi connectivity index (χ0) is 20.2. The summed E-state index contributed by atoms with van der Waals surface area (Å²) in [5.41, 5.74) is 2.15. The summed E-state index contributed by atoms with van der Waals surface area (Å²) in [6, 6.07) is 0.354. The van der Waals surface area contributed by atoms with Crippen molar-refractivity contribution >= 4 is 29.9 Å². The Morgan fingerprint density at radius 3 is 2.29 bits per heavy atom. The van der Waals surface area contributed by atoms with Gasteiger partial charge in [0.1, 0.15) is 5.76 Å². The van der Waals surface area contributed by atoms with Crippen LogP contribution in [0.15, 0.2) is 34.8 Å². The van der Waals surface area contributed by atoms with Crippen molar-refractivity contribution in [1.82, 2.24) is 20.7 Å². The van der Waals surface area contributed by atoms with E-state index in [1.54, 1.807) is 7.05 Å². The van der Waals surface area contributed by atoms with Gasteiger partial charge in [-0.05, 0) is 12.3 Å². The Kier molecular flexibility index (Phi) is 13.9. The molecule has 0 radical (unpaired) electrons. The van der Waals surface area contributed by atoms with Crippen LogP contribution in [0, 0.1) is 5.92 Å². The molecule has 0 saturated heterocycles. The van der Waals surface area contributed by atoms with Gasteiger partial charge in [0.05, 0.1) is 5.69 Å². The van der Waals surface area contributed by atoms with Gasteiger partial charge in [-0.3, -0.25) is 9.89 Å². The van der Waals surface area contributed by atoms with Crippen LogP contribution < -0.4 is 10.6 Å². The van der Waals surface area contributed by atoms with E-state index in [1.807, 2.05) is 12.2 Å². The molecule has 1 aromatic rings. The lowest BCUT2D eigenvalue weighted by atomic mass is 10.0. The first-order valence-electron chi connectivity index (χ1n) is 9.88. The monoisotopic (exact) mass is 503 g/mol. The van der Waals surface area contributed by atoms with Gasteiger partial charge in [-0.2, -0.15) is 0 Å². The van der Waals surface area contributed by atoms with Crippen molar-refractivity contribution in [2.45, 2.75) is 53.1 Å². The summed E-state index contributed by atoms with van der Waals surface area (Å²) >= 11 is 0. The van der Waals surface area contributed by atoms with E-state index in [-0.39, 0.29) is 24.0 Å². The Bertz CT molecular complexity index is 580. The number of aromatic nitrogens is 1. The van der Waals surface area contributed by atoms with E-state index in [2.05, 4.69) is 66.5 Å². The Morgan fingerprint density at radius 1 is 1.18 bits per heavy atom. The highest BCUT2D eigenvalue weighted by Gasteiger charge is 2.21. The maximum Gasteiger partial charge on any atom is 0.191 e. The Morgan fingerprint density at radius 2 is 1.82 bits per heavy atom. The zero-order valence-electron chi connectivity index (χ0n) is 18.1. The third kappa shape index (κ3) is 7.95. The highest BCUT2D eigenvalue weighted by Crippen LogP contribution is 2.15. The number of aryl methyl sites for hydroxylation is 2. The molecular formula is C21H38IN5O. The zero-order valence-corrected chi connectivity index (χ0v) is 20.5. The molecule has 0 aliphatic rings. The smallest absolute Gasteiger partial charge is 0.191 e. The van der Waals surface area contributed by atoms with Gasteiger partial charge in [-0.15, -0.1) is 37.1 Å². The molecule has 160 valence electrons. The lowest BCUT2D eigenvalue weighted by molar-refractivity contribution is 0.190. The Labute approximate surface area is 187 Å². The minimum atomic E-state index is 0. The predicted octanol–water partition coefficient (Wildman–Crippen LogP) is 3.78. The first-order chi connectivity index (χ1) is 13.0. The normalized spacial score (nSPS) is 12.6. The number of guanidine groups is 1. The molecule has 2 N–H and O–H groups in total. The van der Waals surface area contributed by atoms with Crippen molar-refractivity contribution in [3.05, 3.63) is 42.3 Å². The maximum absolute atomic E-state index is 5.44. The van der Waals surface area contributed by atoms with Crippen LogP contribution in [0.25, 0.3) is 0 Å². The number of halogens is 1.